The van der Waals surface area contributed by atoms with Crippen LogP contribution in [0.3, 0.4) is 0 Å². The first-order chi connectivity index (χ1) is 9.58. The van der Waals surface area contributed by atoms with Crippen molar-refractivity contribution in [1.29, 1.82) is 0 Å². The average molecular weight is 294 g/mol. The van der Waals surface area contributed by atoms with Crippen LogP contribution < -0.4 is 5.11 Å². The number of carboxylic acid groups (broad SMARTS) is 1. The molecular formula is C14H14ClN2O3-. The van der Waals surface area contributed by atoms with Crippen LogP contribution in [0.5, 0.6) is 0 Å². The van der Waals surface area contributed by atoms with E-state index in [0.29, 0.717) is 29.4 Å². The molecule has 2 aromatic rings. The summed E-state index contributed by atoms with van der Waals surface area (Å²) in [5.74, 6) is -0.618. The fourth-order valence-electron chi connectivity index (χ4n) is 1.98. The van der Waals surface area contributed by atoms with Gasteiger partial charge in [0.15, 0.2) is 0 Å². The number of hydrogen-bond donors (Lipinski definition) is 1. The minimum absolute atomic E-state index is 0.0229. The monoisotopic (exact) mass is 293 g/mol. The summed E-state index contributed by atoms with van der Waals surface area (Å²) in [4.78, 5) is 14.5. The van der Waals surface area contributed by atoms with E-state index in [9.17, 15) is 15.0 Å². The highest BCUT2D eigenvalue weighted by atomic mass is 35.5. The van der Waals surface area contributed by atoms with E-state index in [-0.39, 0.29) is 6.42 Å². The number of aliphatic hydroxyl groups is 1. The third-order valence-electron chi connectivity index (χ3n) is 2.94. The lowest BCUT2D eigenvalue weighted by atomic mass is 10.1. The van der Waals surface area contributed by atoms with E-state index in [4.69, 9.17) is 11.6 Å². The number of halogens is 1. The van der Waals surface area contributed by atoms with E-state index in [2.05, 4.69) is 4.98 Å². The van der Waals surface area contributed by atoms with Crippen LogP contribution in [0.15, 0.2) is 36.7 Å². The summed E-state index contributed by atoms with van der Waals surface area (Å²) in [7, 11) is 0. The lowest BCUT2D eigenvalue weighted by Crippen LogP contribution is -2.22. The molecule has 0 aliphatic rings. The predicted molar refractivity (Wildman–Crippen MR) is 72.0 cm³/mol. The van der Waals surface area contributed by atoms with E-state index < -0.39 is 12.1 Å². The second-order valence-corrected chi connectivity index (χ2v) is 4.85. The van der Waals surface area contributed by atoms with Gasteiger partial charge in [-0.1, -0.05) is 23.7 Å². The zero-order chi connectivity index (χ0) is 14.5. The number of aliphatic hydroxyl groups excluding tert-OH is 1. The molecule has 6 heteroatoms. The van der Waals surface area contributed by atoms with Crippen molar-refractivity contribution < 1.29 is 15.0 Å². The van der Waals surface area contributed by atoms with Gasteiger partial charge in [-0.3, -0.25) is 0 Å². The Balaban J connectivity index is 2.12. The lowest BCUT2D eigenvalue weighted by molar-refractivity contribution is -0.305. The van der Waals surface area contributed by atoms with Crippen LogP contribution in [0, 0.1) is 0 Å². The van der Waals surface area contributed by atoms with Crippen molar-refractivity contribution in [3.05, 3.63) is 53.1 Å². The molecule has 0 amide bonds. The molecule has 1 aromatic carbocycles. The van der Waals surface area contributed by atoms with E-state index in [1.54, 1.807) is 41.2 Å². The maximum atomic E-state index is 10.4. The Hall–Kier alpha value is -1.85. The van der Waals surface area contributed by atoms with Crippen molar-refractivity contribution in [3.63, 3.8) is 0 Å². The minimum Gasteiger partial charge on any atom is -0.550 e. The molecule has 5 nitrogen and oxygen atoms in total. The van der Waals surface area contributed by atoms with Gasteiger partial charge in [-0.25, -0.2) is 4.98 Å². The molecule has 0 aliphatic carbocycles. The fraction of sp³-hybridized carbons (Fsp3) is 0.286. The summed E-state index contributed by atoms with van der Waals surface area (Å²) in [6, 6.07) is 6.91. The number of hydrogen-bond acceptors (Lipinski definition) is 4. The Morgan fingerprint density at radius 2 is 2.30 bits per heavy atom. The molecule has 0 saturated heterocycles. The smallest absolute Gasteiger partial charge is 0.142 e. The second-order valence-electron chi connectivity index (χ2n) is 4.41. The number of aryl methyl sites for hydroxylation is 1. The summed E-state index contributed by atoms with van der Waals surface area (Å²) in [6.07, 6.45) is 2.78. The number of aliphatic carboxylic acids is 1. The number of nitrogens with zero attached hydrogens (tertiary/aromatic N) is 2. The highest BCUT2D eigenvalue weighted by molar-refractivity contribution is 6.30. The Bertz CT molecular complexity index is 598. The quantitative estimate of drug-likeness (QED) is 0.866. The third-order valence-corrected chi connectivity index (χ3v) is 3.17. The Morgan fingerprint density at radius 1 is 1.50 bits per heavy atom. The molecule has 0 radical (unpaired) electrons. The molecule has 20 heavy (non-hydrogen) atoms. The van der Waals surface area contributed by atoms with Gasteiger partial charge in [-0.15, -0.1) is 0 Å². The molecule has 0 bridgehead atoms. The average Bonchev–Trinajstić information content (AvgIpc) is 2.86. The number of carbonyl (C=O) groups excluding carboxylic acids is 1. The molecule has 0 spiro atoms. The topological polar surface area (TPSA) is 78.2 Å². The second kappa shape index (κ2) is 6.54. The van der Waals surface area contributed by atoms with Gasteiger partial charge in [0.2, 0.25) is 0 Å². The third kappa shape index (κ3) is 3.59. The van der Waals surface area contributed by atoms with E-state index in [1.165, 1.54) is 0 Å². The molecule has 1 heterocycles. The largest absolute Gasteiger partial charge is 0.550 e. The van der Waals surface area contributed by atoms with Gasteiger partial charge in [0, 0.05) is 29.9 Å². The van der Waals surface area contributed by atoms with Crippen LogP contribution in [0.4, 0.5) is 0 Å². The summed E-state index contributed by atoms with van der Waals surface area (Å²) in [5.41, 5.74) is 0.643. The Kier molecular flexibility index (Phi) is 4.76. The molecule has 1 N–H and O–H groups in total. The highest BCUT2D eigenvalue weighted by Gasteiger charge is 2.16. The van der Waals surface area contributed by atoms with Crippen molar-refractivity contribution >= 4 is 17.6 Å². The van der Waals surface area contributed by atoms with E-state index in [0.717, 1.165) is 0 Å². The van der Waals surface area contributed by atoms with Crippen molar-refractivity contribution in [1.82, 2.24) is 9.55 Å². The summed E-state index contributed by atoms with van der Waals surface area (Å²) >= 11 is 5.90. The van der Waals surface area contributed by atoms with Gasteiger partial charge in [0.05, 0.1) is 0 Å². The van der Waals surface area contributed by atoms with Crippen LogP contribution in [0.25, 0.3) is 0 Å². The predicted octanol–water partition coefficient (Wildman–Crippen LogP) is 1.15. The van der Waals surface area contributed by atoms with Gasteiger partial charge in [0.25, 0.3) is 0 Å². The number of carbonyl (C=O) groups is 1. The molecule has 1 aromatic heterocycles. The molecule has 1 atom stereocenters. The molecule has 0 aliphatic heterocycles. The molecule has 0 saturated carbocycles. The number of carboxylic acids is 1. The summed E-state index contributed by atoms with van der Waals surface area (Å²) in [5, 5.41) is 21.3. The number of rotatable bonds is 6. The van der Waals surface area contributed by atoms with Gasteiger partial charge in [0.1, 0.15) is 11.9 Å². The first-order valence-electron chi connectivity index (χ1n) is 6.22. The lowest BCUT2D eigenvalue weighted by Gasteiger charge is -2.14. The fourth-order valence-corrected chi connectivity index (χ4v) is 2.18. The number of benzene rings is 1. The van der Waals surface area contributed by atoms with Gasteiger partial charge in [-0.2, -0.15) is 0 Å². The summed E-state index contributed by atoms with van der Waals surface area (Å²) in [6.45, 7) is 0.459. The van der Waals surface area contributed by atoms with Crippen LogP contribution in [0.1, 0.15) is 30.3 Å². The Labute approximate surface area is 121 Å². The molecule has 106 valence electrons. The normalized spacial score (nSPS) is 12.3. The van der Waals surface area contributed by atoms with Gasteiger partial charge < -0.3 is 19.6 Å². The van der Waals surface area contributed by atoms with Crippen LogP contribution in [-0.2, 0) is 11.3 Å². The molecule has 2 rings (SSSR count). The maximum absolute atomic E-state index is 10.4. The van der Waals surface area contributed by atoms with E-state index in [1.807, 2.05) is 0 Å². The van der Waals surface area contributed by atoms with Crippen molar-refractivity contribution in [2.75, 3.05) is 0 Å². The van der Waals surface area contributed by atoms with Crippen LogP contribution in [-0.4, -0.2) is 20.6 Å². The van der Waals surface area contributed by atoms with Crippen LogP contribution in [0.2, 0.25) is 5.02 Å². The highest BCUT2D eigenvalue weighted by Crippen LogP contribution is 2.23. The first kappa shape index (κ1) is 14.6. The van der Waals surface area contributed by atoms with Crippen molar-refractivity contribution in [3.8, 4) is 0 Å². The summed E-state index contributed by atoms with van der Waals surface area (Å²) < 4.78 is 1.73. The van der Waals surface area contributed by atoms with Crippen molar-refractivity contribution in [2.45, 2.75) is 25.5 Å². The molecule has 1 unspecified atom stereocenters. The van der Waals surface area contributed by atoms with Gasteiger partial charge >= 0.3 is 0 Å². The maximum Gasteiger partial charge on any atom is 0.142 e. The van der Waals surface area contributed by atoms with Crippen molar-refractivity contribution in [2.24, 2.45) is 0 Å². The number of imidazole rings is 1. The molecular weight excluding hydrogens is 280 g/mol. The van der Waals surface area contributed by atoms with E-state index >= 15 is 0 Å². The number of aromatic nitrogens is 2. The minimum atomic E-state index is -1.08. The standard InChI is InChI=1S/C14H15ClN2O3/c15-11-4-1-3-10(9-11)13(20)14-16-6-8-17(14)7-2-5-12(18)19/h1,3-4,6,8-9,13,20H,2,5,7H2,(H,18,19)/p-1. The SMILES string of the molecule is O=C([O-])CCCn1ccnc1C(O)c1cccc(Cl)c1. The first-order valence-corrected chi connectivity index (χ1v) is 6.60. The zero-order valence-electron chi connectivity index (χ0n) is 10.7. The molecule has 0 fully saturated rings. The Morgan fingerprint density at radius 3 is 3.00 bits per heavy atom. The van der Waals surface area contributed by atoms with Gasteiger partial charge in [-0.05, 0) is 30.5 Å². The van der Waals surface area contributed by atoms with Crippen LogP contribution >= 0.6 is 11.6 Å². The zero-order valence-corrected chi connectivity index (χ0v) is 11.5.